The maximum absolute atomic E-state index is 12.5. The SMILES string of the molecule is CCNc1cc(S(=O)(=O)NC2(C)CCOC2C)ccn1. The molecule has 1 aromatic heterocycles. The molecule has 0 aliphatic carbocycles. The number of hydrogen-bond acceptors (Lipinski definition) is 5. The van der Waals surface area contributed by atoms with Gasteiger partial charge in [0.25, 0.3) is 0 Å². The van der Waals surface area contributed by atoms with Crippen LogP contribution in [0.1, 0.15) is 27.2 Å². The second-order valence-corrected chi connectivity index (χ2v) is 6.88. The number of sulfonamides is 1. The second-order valence-electron chi connectivity index (χ2n) is 5.19. The molecule has 0 amide bonds. The number of hydrogen-bond donors (Lipinski definition) is 2. The minimum Gasteiger partial charge on any atom is -0.376 e. The molecule has 1 saturated heterocycles. The van der Waals surface area contributed by atoms with Gasteiger partial charge in [-0.1, -0.05) is 0 Å². The van der Waals surface area contributed by atoms with E-state index in [2.05, 4.69) is 15.0 Å². The van der Waals surface area contributed by atoms with Crippen molar-refractivity contribution in [2.45, 2.75) is 43.7 Å². The summed E-state index contributed by atoms with van der Waals surface area (Å²) in [6.45, 7) is 6.94. The number of anilines is 1. The van der Waals surface area contributed by atoms with Crippen molar-refractivity contribution in [1.29, 1.82) is 0 Å². The fourth-order valence-electron chi connectivity index (χ4n) is 2.19. The number of ether oxygens (including phenoxy) is 1. The lowest BCUT2D eigenvalue weighted by atomic mass is 9.97. The van der Waals surface area contributed by atoms with Crippen LogP contribution in [-0.4, -0.2) is 38.2 Å². The van der Waals surface area contributed by atoms with Crippen molar-refractivity contribution < 1.29 is 13.2 Å². The Balaban J connectivity index is 2.24. The van der Waals surface area contributed by atoms with Gasteiger partial charge in [-0.05, 0) is 33.3 Å². The van der Waals surface area contributed by atoms with Gasteiger partial charge in [0.05, 0.1) is 16.5 Å². The molecular weight excluding hydrogens is 278 g/mol. The molecule has 0 bridgehead atoms. The molecule has 0 saturated carbocycles. The molecule has 0 radical (unpaired) electrons. The maximum atomic E-state index is 12.5. The second kappa shape index (κ2) is 5.67. The first kappa shape index (κ1) is 15.2. The molecule has 1 aliphatic rings. The molecule has 2 rings (SSSR count). The average Bonchev–Trinajstić information content (AvgIpc) is 2.69. The third-order valence-electron chi connectivity index (χ3n) is 3.65. The quantitative estimate of drug-likeness (QED) is 0.858. The average molecular weight is 299 g/mol. The van der Waals surface area contributed by atoms with E-state index in [0.717, 1.165) is 0 Å². The van der Waals surface area contributed by atoms with E-state index < -0.39 is 15.6 Å². The lowest BCUT2D eigenvalue weighted by molar-refractivity contribution is 0.0957. The van der Waals surface area contributed by atoms with Crippen LogP contribution in [0.4, 0.5) is 5.82 Å². The zero-order valence-electron chi connectivity index (χ0n) is 12.0. The number of nitrogens with zero attached hydrogens (tertiary/aromatic N) is 1. The summed E-state index contributed by atoms with van der Waals surface area (Å²) in [6, 6.07) is 3.03. The van der Waals surface area contributed by atoms with Gasteiger partial charge in [-0.3, -0.25) is 0 Å². The van der Waals surface area contributed by atoms with Crippen molar-refractivity contribution >= 4 is 15.8 Å². The molecule has 0 spiro atoms. The van der Waals surface area contributed by atoms with Crippen LogP contribution in [0.3, 0.4) is 0 Å². The smallest absolute Gasteiger partial charge is 0.241 e. The van der Waals surface area contributed by atoms with Gasteiger partial charge in [-0.2, -0.15) is 0 Å². The number of nitrogens with one attached hydrogen (secondary N) is 2. The Morgan fingerprint density at radius 2 is 2.30 bits per heavy atom. The fourth-order valence-corrected chi connectivity index (χ4v) is 3.70. The van der Waals surface area contributed by atoms with Crippen molar-refractivity contribution in [1.82, 2.24) is 9.71 Å². The van der Waals surface area contributed by atoms with Crippen LogP contribution in [0.15, 0.2) is 23.2 Å². The van der Waals surface area contributed by atoms with E-state index in [1.807, 2.05) is 20.8 Å². The first-order chi connectivity index (χ1) is 9.37. The number of aromatic nitrogens is 1. The van der Waals surface area contributed by atoms with Crippen molar-refractivity contribution in [3.8, 4) is 0 Å². The zero-order chi connectivity index (χ0) is 14.8. The van der Waals surface area contributed by atoms with Gasteiger partial charge in [0.2, 0.25) is 10.0 Å². The van der Waals surface area contributed by atoms with Gasteiger partial charge in [0.1, 0.15) is 5.82 Å². The van der Waals surface area contributed by atoms with Gasteiger partial charge < -0.3 is 10.1 Å². The Morgan fingerprint density at radius 1 is 1.55 bits per heavy atom. The normalized spacial score (nSPS) is 26.6. The van der Waals surface area contributed by atoms with E-state index in [4.69, 9.17) is 4.74 Å². The monoisotopic (exact) mass is 299 g/mol. The Kier molecular flexibility index (Phi) is 4.31. The van der Waals surface area contributed by atoms with E-state index in [9.17, 15) is 8.42 Å². The highest BCUT2D eigenvalue weighted by Gasteiger charge is 2.40. The Bertz CT molecular complexity index is 576. The third-order valence-corrected chi connectivity index (χ3v) is 5.26. The lowest BCUT2D eigenvalue weighted by Gasteiger charge is -2.28. The van der Waals surface area contributed by atoms with Gasteiger partial charge in [0.15, 0.2) is 0 Å². The zero-order valence-corrected chi connectivity index (χ0v) is 12.8. The molecule has 7 heteroatoms. The Labute approximate surface area is 120 Å². The summed E-state index contributed by atoms with van der Waals surface area (Å²) < 4.78 is 33.2. The van der Waals surface area contributed by atoms with Gasteiger partial charge >= 0.3 is 0 Å². The van der Waals surface area contributed by atoms with Crippen molar-refractivity contribution in [2.24, 2.45) is 0 Å². The summed E-state index contributed by atoms with van der Waals surface area (Å²) >= 11 is 0. The van der Waals surface area contributed by atoms with Crippen LogP contribution in [0.2, 0.25) is 0 Å². The molecule has 2 unspecified atom stereocenters. The van der Waals surface area contributed by atoms with Crippen LogP contribution in [-0.2, 0) is 14.8 Å². The van der Waals surface area contributed by atoms with E-state index in [1.165, 1.54) is 18.3 Å². The number of pyridine rings is 1. The minimum absolute atomic E-state index is 0.146. The summed E-state index contributed by atoms with van der Waals surface area (Å²) in [5.41, 5.74) is -0.569. The van der Waals surface area contributed by atoms with Crippen LogP contribution in [0.5, 0.6) is 0 Å². The molecule has 112 valence electrons. The summed E-state index contributed by atoms with van der Waals surface area (Å²) in [7, 11) is -3.59. The first-order valence-corrected chi connectivity index (χ1v) is 8.21. The molecule has 1 aliphatic heterocycles. The van der Waals surface area contributed by atoms with Crippen molar-refractivity contribution in [3.63, 3.8) is 0 Å². The molecule has 6 nitrogen and oxygen atoms in total. The summed E-state index contributed by atoms with van der Waals surface area (Å²) in [4.78, 5) is 4.29. The molecular formula is C13H21N3O3S. The molecule has 2 atom stereocenters. The van der Waals surface area contributed by atoms with Crippen molar-refractivity contribution in [2.75, 3.05) is 18.5 Å². The van der Waals surface area contributed by atoms with E-state index in [-0.39, 0.29) is 11.0 Å². The van der Waals surface area contributed by atoms with Crippen LogP contribution < -0.4 is 10.0 Å². The van der Waals surface area contributed by atoms with E-state index >= 15 is 0 Å². The standard InChI is InChI=1S/C13H21N3O3S/c1-4-14-12-9-11(5-7-15-12)20(17,18)16-13(3)6-8-19-10(13)2/h5,7,9-10,16H,4,6,8H2,1-3H3,(H,14,15). The molecule has 2 heterocycles. The largest absolute Gasteiger partial charge is 0.376 e. The van der Waals surface area contributed by atoms with Crippen LogP contribution >= 0.6 is 0 Å². The molecule has 1 aromatic rings. The fraction of sp³-hybridized carbons (Fsp3) is 0.615. The maximum Gasteiger partial charge on any atom is 0.241 e. The summed E-state index contributed by atoms with van der Waals surface area (Å²) in [5, 5.41) is 3.00. The summed E-state index contributed by atoms with van der Waals surface area (Å²) in [5.74, 6) is 0.552. The highest BCUT2D eigenvalue weighted by atomic mass is 32.2. The van der Waals surface area contributed by atoms with Crippen LogP contribution in [0, 0.1) is 0 Å². The Morgan fingerprint density at radius 3 is 2.90 bits per heavy atom. The van der Waals surface area contributed by atoms with Gasteiger partial charge in [-0.15, -0.1) is 0 Å². The predicted octanol–water partition coefficient (Wildman–Crippen LogP) is 1.36. The molecule has 20 heavy (non-hydrogen) atoms. The molecule has 1 fully saturated rings. The first-order valence-electron chi connectivity index (χ1n) is 6.73. The molecule has 0 aromatic carbocycles. The van der Waals surface area contributed by atoms with Gasteiger partial charge in [-0.25, -0.2) is 18.1 Å². The minimum atomic E-state index is -3.59. The lowest BCUT2D eigenvalue weighted by Crippen LogP contribution is -2.50. The topological polar surface area (TPSA) is 80.3 Å². The highest BCUT2D eigenvalue weighted by molar-refractivity contribution is 7.89. The summed E-state index contributed by atoms with van der Waals surface area (Å²) in [6.07, 6.45) is 2.01. The van der Waals surface area contributed by atoms with E-state index in [1.54, 1.807) is 0 Å². The van der Waals surface area contributed by atoms with Gasteiger partial charge in [0, 0.05) is 25.4 Å². The molecule has 2 N–H and O–H groups in total. The number of rotatable bonds is 5. The highest BCUT2D eigenvalue weighted by Crippen LogP contribution is 2.27. The van der Waals surface area contributed by atoms with Crippen molar-refractivity contribution in [3.05, 3.63) is 18.3 Å². The van der Waals surface area contributed by atoms with E-state index in [0.29, 0.717) is 25.4 Å². The van der Waals surface area contributed by atoms with Crippen LogP contribution in [0.25, 0.3) is 0 Å². The third kappa shape index (κ3) is 3.11. The Hall–Kier alpha value is -1.18. The predicted molar refractivity (Wildman–Crippen MR) is 77.2 cm³/mol.